The number of hydrogen-bond donors (Lipinski definition) is 1. The van der Waals surface area contributed by atoms with Crippen molar-refractivity contribution < 1.29 is 27.5 Å². The molecule has 11 heteroatoms. The van der Waals surface area contributed by atoms with E-state index >= 15 is 0 Å². The van der Waals surface area contributed by atoms with E-state index in [9.17, 15) is 22.8 Å². The molecule has 3 aromatic rings. The number of para-hydroxylation sites is 1. The van der Waals surface area contributed by atoms with Gasteiger partial charge in [0.15, 0.2) is 10.9 Å². The van der Waals surface area contributed by atoms with Gasteiger partial charge < -0.3 is 10.1 Å². The molecule has 0 aromatic heterocycles. The van der Waals surface area contributed by atoms with Crippen LogP contribution in [0.5, 0.6) is 5.75 Å². The van der Waals surface area contributed by atoms with Crippen LogP contribution in [-0.2, 0) is 15.8 Å². The summed E-state index contributed by atoms with van der Waals surface area (Å²) in [5.74, 6) is -0.752. The first-order valence-corrected chi connectivity index (χ1v) is 12.4. The van der Waals surface area contributed by atoms with Crippen molar-refractivity contribution in [2.75, 3.05) is 16.8 Å². The molecule has 0 unspecified atom stereocenters. The van der Waals surface area contributed by atoms with Crippen molar-refractivity contribution in [1.82, 2.24) is 0 Å². The van der Waals surface area contributed by atoms with E-state index in [0.29, 0.717) is 31.2 Å². The molecule has 1 aliphatic rings. The number of amides is 2. The molecule has 1 saturated heterocycles. The third-order valence-corrected chi connectivity index (χ3v) is 6.95. The van der Waals surface area contributed by atoms with Crippen LogP contribution < -0.4 is 15.0 Å². The summed E-state index contributed by atoms with van der Waals surface area (Å²) in [6.07, 6.45) is -2.96. The summed E-state index contributed by atoms with van der Waals surface area (Å²) in [6, 6.07) is 16.5. The molecule has 1 heterocycles. The standard InChI is InChI=1S/C26H18ClF3N2O3S2/c1-15-9-10-17(13-20(15)27)32-24(34)22(37-25(32)36)12-16-5-4-6-18(11-16)35-14-23(33)31-21-8-3-2-7-19(21)26(28,29)30/h2-13H,14H2,1H3,(H,31,33)/b22-12-. The van der Waals surface area contributed by atoms with Gasteiger partial charge in [0, 0.05) is 5.02 Å². The molecule has 1 fully saturated rings. The van der Waals surface area contributed by atoms with Crippen LogP contribution in [0.2, 0.25) is 5.02 Å². The number of thioether (sulfide) groups is 1. The molecule has 0 spiro atoms. The molecule has 5 nitrogen and oxygen atoms in total. The monoisotopic (exact) mass is 562 g/mol. The van der Waals surface area contributed by atoms with Crippen molar-refractivity contribution >= 4 is 69.2 Å². The van der Waals surface area contributed by atoms with Gasteiger partial charge in [0.25, 0.3) is 11.8 Å². The van der Waals surface area contributed by atoms with E-state index in [0.717, 1.165) is 23.4 Å². The maximum absolute atomic E-state index is 13.1. The molecule has 0 bridgehead atoms. The highest BCUT2D eigenvalue weighted by atomic mass is 35.5. The molecule has 4 rings (SSSR count). The van der Waals surface area contributed by atoms with Crippen LogP contribution >= 0.6 is 35.6 Å². The molecule has 37 heavy (non-hydrogen) atoms. The van der Waals surface area contributed by atoms with E-state index in [1.807, 2.05) is 6.92 Å². The van der Waals surface area contributed by atoms with E-state index in [-0.39, 0.29) is 11.6 Å². The Bertz CT molecular complexity index is 1430. The molecule has 190 valence electrons. The van der Waals surface area contributed by atoms with Gasteiger partial charge in [0.2, 0.25) is 0 Å². The fourth-order valence-corrected chi connectivity index (χ4v) is 4.90. The fraction of sp³-hybridized carbons (Fsp3) is 0.115. The first-order chi connectivity index (χ1) is 17.5. The number of rotatable bonds is 6. The van der Waals surface area contributed by atoms with Gasteiger partial charge in [-0.1, -0.05) is 65.9 Å². The number of carbonyl (C=O) groups is 2. The van der Waals surface area contributed by atoms with E-state index in [1.54, 1.807) is 48.5 Å². The summed E-state index contributed by atoms with van der Waals surface area (Å²) in [4.78, 5) is 27.1. The second-order valence-corrected chi connectivity index (χ2v) is 9.99. The Labute approximate surface area is 225 Å². The Morgan fingerprint density at radius 1 is 1.14 bits per heavy atom. The van der Waals surface area contributed by atoms with Crippen LogP contribution in [0.1, 0.15) is 16.7 Å². The number of benzene rings is 3. The molecular weight excluding hydrogens is 545 g/mol. The van der Waals surface area contributed by atoms with Crippen molar-refractivity contribution in [2.45, 2.75) is 13.1 Å². The molecule has 3 aromatic carbocycles. The number of thiocarbonyl (C=S) groups is 1. The molecular formula is C26H18ClF3N2O3S2. The summed E-state index contributed by atoms with van der Waals surface area (Å²) in [6.45, 7) is 1.35. The molecule has 1 N–H and O–H groups in total. The average molecular weight is 563 g/mol. The molecule has 0 atom stereocenters. The van der Waals surface area contributed by atoms with E-state index in [1.165, 1.54) is 23.1 Å². The summed E-state index contributed by atoms with van der Waals surface area (Å²) in [5.41, 5.74) is 0.755. The van der Waals surface area contributed by atoms with Crippen LogP contribution in [0.3, 0.4) is 0 Å². The summed E-state index contributed by atoms with van der Waals surface area (Å²) >= 11 is 12.7. The topological polar surface area (TPSA) is 58.6 Å². The Morgan fingerprint density at radius 3 is 2.62 bits per heavy atom. The Morgan fingerprint density at radius 2 is 1.89 bits per heavy atom. The zero-order chi connectivity index (χ0) is 26.7. The number of ether oxygens (including phenoxy) is 1. The van der Waals surface area contributed by atoms with Gasteiger partial charge >= 0.3 is 6.18 Å². The number of alkyl halides is 3. The van der Waals surface area contributed by atoms with Crippen molar-refractivity contribution in [2.24, 2.45) is 0 Å². The molecule has 2 amide bonds. The lowest BCUT2D eigenvalue weighted by Gasteiger charge is -2.15. The van der Waals surface area contributed by atoms with Crippen LogP contribution in [0.15, 0.2) is 71.6 Å². The second-order valence-electron chi connectivity index (χ2n) is 7.90. The van der Waals surface area contributed by atoms with Gasteiger partial charge in [-0.3, -0.25) is 14.5 Å². The van der Waals surface area contributed by atoms with E-state index < -0.39 is 24.3 Å². The van der Waals surface area contributed by atoms with E-state index in [2.05, 4.69) is 5.32 Å². The Kier molecular flexibility index (Phi) is 7.91. The van der Waals surface area contributed by atoms with Crippen molar-refractivity contribution in [1.29, 1.82) is 0 Å². The van der Waals surface area contributed by atoms with Crippen molar-refractivity contribution in [3.63, 3.8) is 0 Å². The Balaban J connectivity index is 1.44. The Hall–Kier alpha value is -3.34. The van der Waals surface area contributed by atoms with Gasteiger partial charge in [0.1, 0.15) is 5.75 Å². The number of carbonyl (C=O) groups excluding carboxylic acids is 2. The highest BCUT2D eigenvalue weighted by molar-refractivity contribution is 8.27. The van der Waals surface area contributed by atoms with Crippen LogP contribution in [0.25, 0.3) is 6.08 Å². The van der Waals surface area contributed by atoms with Crippen LogP contribution in [0.4, 0.5) is 24.5 Å². The number of anilines is 2. The third kappa shape index (κ3) is 6.33. The molecule has 0 saturated carbocycles. The normalized spacial score (nSPS) is 14.8. The maximum atomic E-state index is 13.1. The van der Waals surface area contributed by atoms with Gasteiger partial charge in [-0.2, -0.15) is 13.2 Å². The highest BCUT2D eigenvalue weighted by Gasteiger charge is 2.34. The molecule has 1 aliphatic heterocycles. The predicted molar refractivity (Wildman–Crippen MR) is 144 cm³/mol. The minimum absolute atomic E-state index is 0.300. The van der Waals surface area contributed by atoms with Crippen LogP contribution in [-0.4, -0.2) is 22.7 Å². The quantitative estimate of drug-likeness (QED) is 0.257. The molecule has 0 radical (unpaired) electrons. The number of nitrogens with one attached hydrogen (secondary N) is 1. The largest absolute Gasteiger partial charge is 0.484 e. The van der Waals surface area contributed by atoms with E-state index in [4.69, 9.17) is 28.6 Å². The number of hydrogen-bond acceptors (Lipinski definition) is 5. The van der Waals surface area contributed by atoms with Crippen molar-refractivity contribution in [3.05, 3.63) is 93.3 Å². The number of nitrogens with zero attached hydrogens (tertiary/aromatic N) is 1. The highest BCUT2D eigenvalue weighted by Crippen LogP contribution is 2.38. The SMILES string of the molecule is Cc1ccc(N2C(=O)/C(=C/c3cccc(OCC(=O)Nc4ccccc4C(F)(F)F)c3)SC2=S)cc1Cl. The lowest BCUT2D eigenvalue weighted by atomic mass is 10.1. The lowest BCUT2D eigenvalue weighted by Crippen LogP contribution is -2.27. The van der Waals surface area contributed by atoms with Crippen LogP contribution in [0, 0.1) is 6.92 Å². The minimum Gasteiger partial charge on any atom is -0.484 e. The maximum Gasteiger partial charge on any atom is 0.418 e. The first-order valence-electron chi connectivity index (χ1n) is 10.8. The molecule has 0 aliphatic carbocycles. The third-order valence-electron chi connectivity index (χ3n) is 5.24. The average Bonchev–Trinajstić information content (AvgIpc) is 3.12. The van der Waals surface area contributed by atoms with Gasteiger partial charge in [-0.15, -0.1) is 0 Å². The minimum atomic E-state index is -4.61. The second kappa shape index (κ2) is 11.0. The summed E-state index contributed by atoms with van der Waals surface area (Å²) < 4.78 is 45.2. The summed E-state index contributed by atoms with van der Waals surface area (Å²) in [7, 11) is 0. The predicted octanol–water partition coefficient (Wildman–Crippen LogP) is 7.09. The fourth-order valence-electron chi connectivity index (χ4n) is 3.43. The number of aryl methyl sites for hydroxylation is 1. The zero-order valence-corrected chi connectivity index (χ0v) is 21.5. The van der Waals surface area contributed by atoms with Crippen molar-refractivity contribution in [3.8, 4) is 5.75 Å². The summed E-state index contributed by atoms with van der Waals surface area (Å²) in [5, 5.41) is 2.75. The smallest absolute Gasteiger partial charge is 0.418 e. The zero-order valence-electron chi connectivity index (χ0n) is 19.1. The number of halogens is 4. The first kappa shape index (κ1) is 26.7. The lowest BCUT2D eigenvalue weighted by molar-refractivity contribution is -0.137. The van der Waals surface area contributed by atoms with Gasteiger partial charge in [-0.05, 0) is 60.5 Å². The van der Waals surface area contributed by atoms with Gasteiger partial charge in [0.05, 0.1) is 21.8 Å². The van der Waals surface area contributed by atoms with Gasteiger partial charge in [-0.25, -0.2) is 0 Å².